The number of ketones is 1. The lowest BCUT2D eigenvalue weighted by atomic mass is 9.94. The van der Waals surface area contributed by atoms with Crippen LogP contribution in [0.5, 0.6) is 17.2 Å². The molecule has 0 radical (unpaired) electrons. The summed E-state index contributed by atoms with van der Waals surface area (Å²) in [6, 6.07) is 19.4. The highest BCUT2D eigenvalue weighted by Crippen LogP contribution is 2.43. The van der Waals surface area contributed by atoms with Gasteiger partial charge in [-0.15, -0.1) is 0 Å². The predicted octanol–water partition coefficient (Wildman–Crippen LogP) is 5.43. The van der Waals surface area contributed by atoms with Crippen LogP contribution in [-0.4, -0.2) is 41.0 Å². The van der Waals surface area contributed by atoms with Crippen LogP contribution >= 0.6 is 0 Å². The quantitative estimate of drug-likeness (QED) is 0.246. The van der Waals surface area contributed by atoms with Crippen molar-refractivity contribution in [2.45, 2.75) is 45.9 Å². The number of ether oxygens (including phenoxy) is 3. The second-order valence-corrected chi connectivity index (χ2v) is 9.44. The molecular formula is C31H31NO6. The van der Waals surface area contributed by atoms with Crippen molar-refractivity contribution >= 4 is 17.4 Å². The molecule has 0 saturated carbocycles. The third-order valence-corrected chi connectivity index (χ3v) is 6.79. The summed E-state index contributed by atoms with van der Waals surface area (Å²) in [7, 11) is 0. The molecule has 0 spiro atoms. The van der Waals surface area contributed by atoms with Gasteiger partial charge in [-0.05, 0) is 67.8 Å². The number of hydrogen-bond donors (Lipinski definition) is 1. The molecule has 1 N–H and O–H groups in total. The molecule has 2 atom stereocenters. The number of nitrogens with zero attached hydrogens (tertiary/aromatic N) is 1. The summed E-state index contributed by atoms with van der Waals surface area (Å²) < 4.78 is 17.3. The molecule has 0 aromatic heterocycles. The lowest BCUT2D eigenvalue weighted by molar-refractivity contribution is -0.140. The molecule has 1 fully saturated rings. The molecule has 3 aromatic carbocycles. The lowest BCUT2D eigenvalue weighted by Gasteiger charge is -2.26. The number of fused-ring (bicyclic) bond motifs is 1. The van der Waals surface area contributed by atoms with Crippen LogP contribution in [0.4, 0.5) is 0 Å². The van der Waals surface area contributed by atoms with Gasteiger partial charge in [0.2, 0.25) is 0 Å². The second kappa shape index (κ2) is 10.6. The summed E-state index contributed by atoms with van der Waals surface area (Å²) in [5.41, 5.74) is 2.99. The minimum absolute atomic E-state index is 0.0414. The van der Waals surface area contributed by atoms with E-state index in [0.29, 0.717) is 42.3 Å². The Morgan fingerprint density at radius 2 is 1.71 bits per heavy atom. The molecule has 1 saturated heterocycles. The van der Waals surface area contributed by atoms with E-state index in [0.717, 1.165) is 16.9 Å². The highest BCUT2D eigenvalue weighted by molar-refractivity contribution is 6.46. The first-order valence-corrected chi connectivity index (χ1v) is 12.9. The van der Waals surface area contributed by atoms with Gasteiger partial charge >= 0.3 is 0 Å². The van der Waals surface area contributed by atoms with E-state index < -0.39 is 17.7 Å². The number of rotatable bonds is 8. The fourth-order valence-electron chi connectivity index (χ4n) is 5.13. The van der Waals surface area contributed by atoms with Crippen molar-refractivity contribution < 1.29 is 28.9 Å². The minimum atomic E-state index is -0.812. The highest BCUT2D eigenvalue weighted by Gasteiger charge is 2.46. The number of benzene rings is 3. The van der Waals surface area contributed by atoms with Crippen molar-refractivity contribution in [2.75, 3.05) is 13.2 Å². The number of aliphatic hydroxyl groups excluding tert-OH is 1. The van der Waals surface area contributed by atoms with Crippen molar-refractivity contribution in [3.05, 3.63) is 94.6 Å². The zero-order valence-electron chi connectivity index (χ0n) is 21.8. The predicted molar refractivity (Wildman–Crippen MR) is 143 cm³/mol. The molecule has 2 aliphatic heterocycles. The Labute approximate surface area is 222 Å². The SMILES string of the molecule is CCOc1ccc(C2C(=C(O)c3ccc4c(c3)CC(C)O4)C(=O)C(=O)N2Cc2ccccc2)cc1OCC. The van der Waals surface area contributed by atoms with Crippen LogP contribution < -0.4 is 14.2 Å². The van der Waals surface area contributed by atoms with Gasteiger partial charge in [0.05, 0.1) is 24.8 Å². The maximum atomic E-state index is 13.5. The lowest BCUT2D eigenvalue weighted by Crippen LogP contribution is -2.29. The molecule has 0 bridgehead atoms. The first kappa shape index (κ1) is 25.4. The standard InChI is InChI=1S/C31H31NO6/c1-4-36-25-14-11-21(17-26(25)37-5-2)28-27(29(33)22-12-13-24-23(16-22)15-19(3)38-24)30(34)31(35)32(28)18-20-9-7-6-8-10-20/h6-14,16-17,19,28,33H,4-5,15,18H2,1-3H3. The van der Waals surface area contributed by atoms with Gasteiger partial charge in [0.1, 0.15) is 17.6 Å². The van der Waals surface area contributed by atoms with Crippen molar-refractivity contribution in [3.63, 3.8) is 0 Å². The van der Waals surface area contributed by atoms with Crippen LogP contribution in [0.2, 0.25) is 0 Å². The summed E-state index contributed by atoms with van der Waals surface area (Å²) in [6.45, 7) is 6.84. The number of aliphatic hydroxyl groups is 1. The number of Topliss-reactive ketones (excluding diaryl/α,β-unsaturated/α-hetero) is 1. The maximum absolute atomic E-state index is 13.5. The van der Waals surface area contributed by atoms with E-state index in [-0.39, 0.29) is 24.0 Å². The number of hydrogen-bond acceptors (Lipinski definition) is 6. The Bertz CT molecular complexity index is 1400. The van der Waals surface area contributed by atoms with Gasteiger partial charge in [-0.3, -0.25) is 9.59 Å². The summed E-state index contributed by atoms with van der Waals surface area (Å²) in [5.74, 6) is 0.263. The zero-order valence-corrected chi connectivity index (χ0v) is 21.8. The normalized spacial score (nSPS) is 19.8. The molecule has 2 aliphatic rings. The van der Waals surface area contributed by atoms with Gasteiger partial charge < -0.3 is 24.2 Å². The molecule has 2 heterocycles. The van der Waals surface area contributed by atoms with Crippen LogP contribution in [0.25, 0.3) is 5.76 Å². The van der Waals surface area contributed by atoms with Gasteiger partial charge in [0.25, 0.3) is 11.7 Å². The Morgan fingerprint density at radius 1 is 0.974 bits per heavy atom. The van der Waals surface area contributed by atoms with Gasteiger partial charge in [-0.2, -0.15) is 0 Å². The number of carbonyl (C=O) groups excluding carboxylic acids is 2. The molecule has 2 unspecified atom stereocenters. The highest BCUT2D eigenvalue weighted by atomic mass is 16.5. The summed E-state index contributed by atoms with van der Waals surface area (Å²) in [5, 5.41) is 11.5. The minimum Gasteiger partial charge on any atom is -0.507 e. The first-order chi connectivity index (χ1) is 18.4. The first-order valence-electron chi connectivity index (χ1n) is 12.9. The molecule has 196 valence electrons. The van der Waals surface area contributed by atoms with Crippen LogP contribution in [0.15, 0.2) is 72.3 Å². The average molecular weight is 514 g/mol. The number of amides is 1. The van der Waals surface area contributed by atoms with E-state index in [1.54, 1.807) is 24.3 Å². The summed E-state index contributed by atoms with van der Waals surface area (Å²) >= 11 is 0. The van der Waals surface area contributed by atoms with E-state index in [9.17, 15) is 14.7 Å². The summed E-state index contributed by atoms with van der Waals surface area (Å²) in [4.78, 5) is 28.4. The van der Waals surface area contributed by atoms with Crippen molar-refractivity contribution in [3.8, 4) is 17.2 Å². The van der Waals surface area contributed by atoms with E-state index in [1.807, 2.05) is 63.2 Å². The van der Waals surface area contributed by atoms with Gasteiger partial charge in [-0.25, -0.2) is 0 Å². The van der Waals surface area contributed by atoms with Crippen molar-refractivity contribution in [2.24, 2.45) is 0 Å². The fourth-order valence-corrected chi connectivity index (χ4v) is 5.13. The van der Waals surface area contributed by atoms with E-state index >= 15 is 0 Å². The smallest absolute Gasteiger partial charge is 0.295 e. The molecular weight excluding hydrogens is 482 g/mol. The number of likely N-dealkylation sites (tertiary alicyclic amines) is 1. The zero-order chi connectivity index (χ0) is 26.8. The van der Waals surface area contributed by atoms with Crippen molar-refractivity contribution in [1.82, 2.24) is 4.90 Å². The third kappa shape index (κ3) is 4.72. The Balaban J connectivity index is 1.65. The fraction of sp³-hybridized carbons (Fsp3) is 0.290. The monoisotopic (exact) mass is 513 g/mol. The van der Waals surface area contributed by atoms with Gasteiger partial charge in [-0.1, -0.05) is 36.4 Å². The van der Waals surface area contributed by atoms with E-state index in [4.69, 9.17) is 14.2 Å². The van der Waals surface area contributed by atoms with E-state index in [1.165, 1.54) is 4.90 Å². The third-order valence-electron chi connectivity index (χ3n) is 6.79. The topological polar surface area (TPSA) is 85.3 Å². The van der Waals surface area contributed by atoms with Crippen LogP contribution in [0, 0.1) is 0 Å². The molecule has 1 amide bonds. The Morgan fingerprint density at radius 3 is 2.45 bits per heavy atom. The second-order valence-electron chi connectivity index (χ2n) is 9.44. The average Bonchev–Trinajstić information content (AvgIpc) is 3.41. The summed E-state index contributed by atoms with van der Waals surface area (Å²) in [6.07, 6.45) is 0.749. The molecule has 0 aliphatic carbocycles. The van der Waals surface area contributed by atoms with Crippen molar-refractivity contribution in [1.29, 1.82) is 0 Å². The number of carbonyl (C=O) groups is 2. The molecule has 3 aromatic rings. The van der Waals surface area contributed by atoms with Crippen LogP contribution in [0.1, 0.15) is 49.1 Å². The van der Waals surface area contributed by atoms with Crippen LogP contribution in [-0.2, 0) is 22.6 Å². The molecule has 5 rings (SSSR count). The van der Waals surface area contributed by atoms with Crippen LogP contribution in [0.3, 0.4) is 0 Å². The molecule has 38 heavy (non-hydrogen) atoms. The van der Waals surface area contributed by atoms with Gasteiger partial charge in [0, 0.05) is 18.5 Å². The van der Waals surface area contributed by atoms with Gasteiger partial charge in [0.15, 0.2) is 11.5 Å². The molecule has 7 heteroatoms. The maximum Gasteiger partial charge on any atom is 0.295 e. The van der Waals surface area contributed by atoms with E-state index in [2.05, 4.69) is 0 Å². The largest absolute Gasteiger partial charge is 0.507 e. The molecule has 7 nitrogen and oxygen atoms in total. The Hall–Kier alpha value is -4.26. The Kier molecular flexibility index (Phi) is 7.09.